The first-order valence-electron chi connectivity index (χ1n) is 8.75. The van der Waals surface area contributed by atoms with Gasteiger partial charge >= 0.3 is 0 Å². The zero-order valence-corrected chi connectivity index (χ0v) is 17.7. The van der Waals surface area contributed by atoms with E-state index in [4.69, 9.17) is 23.2 Å². The molecule has 1 heterocycles. The topological polar surface area (TPSA) is 69.7 Å². The molecular weight excluding hydrogens is 421 g/mol. The van der Waals surface area contributed by atoms with Gasteiger partial charge < -0.3 is 5.32 Å². The molecule has 1 fully saturated rings. The quantitative estimate of drug-likeness (QED) is 0.772. The molecule has 0 spiro atoms. The first kappa shape index (κ1) is 21.1. The molecule has 28 heavy (non-hydrogen) atoms. The number of sulfonamides is 1. The molecule has 1 amide bonds. The first-order chi connectivity index (χ1) is 13.2. The average Bonchev–Trinajstić information content (AvgIpc) is 2.65. The van der Waals surface area contributed by atoms with E-state index >= 15 is 0 Å². The lowest BCUT2D eigenvalue weighted by atomic mass is 10.1. The lowest BCUT2D eigenvalue weighted by Gasteiger charge is -2.33. The highest BCUT2D eigenvalue weighted by Crippen LogP contribution is 2.25. The molecule has 1 aliphatic heterocycles. The summed E-state index contributed by atoms with van der Waals surface area (Å²) in [5, 5.41) is 3.62. The van der Waals surface area contributed by atoms with Crippen LogP contribution in [0, 0.1) is 0 Å². The second kappa shape index (κ2) is 8.80. The van der Waals surface area contributed by atoms with E-state index < -0.39 is 10.0 Å². The maximum absolute atomic E-state index is 12.5. The van der Waals surface area contributed by atoms with Crippen LogP contribution in [0.25, 0.3) is 0 Å². The van der Waals surface area contributed by atoms with Crippen molar-refractivity contribution in [3.05, 3.63) is 63.6 Å². The molecule has 1 aliphatic rings. The third-order valence-corrected chi connectivity index (χ3v) is 6.62. The van der Waals surface area contributed by atoms with Gasteiger partial charge in [0.05, 0.1) is 16.3 Å². The van der Waals surface area contributed by atoms with Crippen LogP contribution in [0.2, 0.25) is 10.0 Å². The monoisotopic (exact) mass is 441 g/mol. The Kier molecular flexibility index (Phi) is 6.62. The number of anilines is 1. The van der Waals surface area contributed by atoms with Crippen molar-refractivity contribution in [2.24, 2.45) is 0 Å². The number of piperazine rings is 1. The maximum Gasteiger partial charge on any atom is 0.255 e. The van der Waals surface area contributed by atoms with Crippen LogP contribution in [0.4, 0.5) is 5.69 Å². The summed E-state index contributed by atoms with van der Waals surface area (Å²) in [6, 6.07) is 12.3. The highest BCUT2D eigenvalue weighted by atomic mass is 35.5. The predicted molar refractivity (Wildman–Crippen MR) is 113 cm³/mol. The van der Waals surface area contributed by atoms with Gasteiger partial charge in [0.15, 0.2) is 0 Å². The van der Waals surface area contributed by atoms with E-state index in [-0.39, 0.29) is 5.91 Å². The Labute approximate surface area is 175 Å². The van der Waals surface area contributed by atoms with Gasteiger partial charge in [-0.2, -0.15) is 4.31 Å². The van der Waals surface area contributed by atoms with Gasteiger partial charge in [-0.25, -0.2) is 8.42 Å². The zero-order valence-electron chi connectivity index (χ0n) is 15.4. The van der Waals surface area contributed by atoms with Crippen molar-refractivity contribution >= 4 is 44.8 Å². The Morgan fingerprint density at radius 2 is 1.75 bits per heavy atom. The molecular formula is C19H21Cl2N3O3S. The molecule has 0 aromatic heterocycles. The average molecular weight is 442 g/mol. The van der Waals surface area contributed by atoms with Gasteiger partial charge in [-0.3, -0.25) is 9.69 Å². The molecule has 2 aromatic rings. The van der Waals surface area contributed by atoms with Gasteiger partial charge in [0, 0.05) is 44.0 Å². The fourth-order valence-corrected chi connectivity index (χ4v) is 4.19. The number of hydrogen-bond donors (Lipinski definition) is 1. The minimum Gasteiger partial charge on any atom is -0.322 e. The van der Waals surface area contributed by atoms with Crippen molar-refractivity contribution in [2.45, 2.75) is 6.54 Å². The Bertz CT molecular complexity index is 974. The molecule has 0 aliphatic carbocycles. The van der Waals surface area contributed by atoms with E-state index in [0.29, 0.717) is 54.0 Å². The van der Waals surface area contributed by atoms with E-state index in [9.17, 15) is 13.2 Å². The smallest absolute Gasteiger partial charge is 0.255 e. The number of carbonyl (C=O) groups is 1. The number of nitrogens with one attached hydrogen (secondary N) is 1. The Morgan fingerprint density at radius 3 is 2.39 bits per heavy atom. The molecule has 2 aromatic carbocycles. The minimum atomic E-state index is -3.14. The van der Waals surface area contributed by atoms with E-state index in [1.807, 2.05) is 18.2 Å². The Morgan fingerprint density at radius 1 is 1.04 bits per heavy atom. The number of amides is 1. The molecule has 0 saturated carbocycles. The molecule has 0 radical (unpaired) electrons. The Hall–Kier alpha value is -1.64. The van der Waals surface area contributed by atoms with Gasteiger partial charge in [-0.1, -0.05) is 35.3 Å². The second-order valence-electron chi connectivity index (χ2n) is 6.72. The van der Waals surface area contributed by atoms with Crippen LogP contribution in [0.5, 0.6) is 0 Å². The summed E-state index contributed by atoms with van der Waals surface area (Å²) in [6.07, 6.45) is 1.23. The van der Waals surface area contributed by atoms with Gasteiger partial charge in [0.1, 0.15) is 0 Å². The van der Waals surface area contributed by atoms with Crippen molar-refractivity contribution in [1.29, 1.82) is 0 Å². The number of benzene rings is 2. The third-order valence-electron chi connectivity index (χ3n) is 4.57. The Balaban J connectivity index is 1.62. The van der Waals surface area contributed by atoms with Crippen molar-refractivity contribution < 1.29 is 13.2 Å². The van der Waals surface area contributed by atoms with Crippen molar-refractivity contribution in [3.63, 3.8) is 0 Å². The van der Waals surface area contributed by atoms with Gasteiger partial charge in [-0.05, 0) is 35.9 Å². The largest absolute Gasteiger partial charge is 0.322 e. The molecule has 6 nitrogen and oxygen atoms in total. The number of rotatable bonds is 5. The summed E-state index contributed by atoms with van der Waals surface area (Å²) >= 11 is 11.9. The SMILES string of the molecule is CS(=O)(=O)N1CCN(Cc2cccc(C(=O)Nc3ccc(Cl)c(Cl)c3)c2)CC1. The normalized spacial score (nSPS) is 16.1. The summed E-state index contributed by atoms with van der Waals surface area (Å²) in [5.74, 6) is -0.234. The number of nitrogens with zero attached hydrogens (tertiary/aromatic N) is 2. The first-order valence-corrected chi connectivity index (χ1v) is 11.4. The number of carbonyl (C=O) groups excluding carboxylic acids is 1. The minimum absolute atomic E-state index is 0.234. The molecule has 9 heteroatoms. The van der Waals surface area contributed by atoms with Crippen LogP contribution in [-0.2, 0) is 16.6 Å². The van der Waals surface area contributed by atoms with Gasteiger partial charge in [-0.15, -0.1) is 0 Å². The molecule has 0 unspecified atom stereocenters. The highest BCUT2D eigenvalue weighted by molar-refractivity contribution is 7.88. The fourth-order valence-electron chi connectivity index (χ4n) is 3.07. The van der Waals surface area contributed by atoms with E-state index in [1.54, 1.807) is 24.3 Å². The van der Waals surface area contributed by atoms with Gasteiger partial charge in [0.25, 0.3) is 5.91 Å². The van der Waals surface area contributed by atoms with Gasteiger partial charge in [0.2, 0.25) is 10.0 Å². The summed E-state index contributed by atoms with van der Waals surface area (Å²) in [4.78, 5) is 14.7. The van der Waals surface area contributed by atoms with Crippen molar-refractivity contribution in [1.82, 2.24) is 9.21 Å². The molecule has 1 saturated heterocycles. The van der Waals surface area contributed by atoms with E-state index in [0.717, 1.165) is 5.56 Å². The summed E-state index contributed by atoms with van der Waals surface area (Å²) in [6.45, 7) is 2.94. The molecule has 0 atom stereocenters. The molecule has 150 valence electrons. The standard InChI is InChI=1S/C19H21Cl2N3O3S/c1-28(26,27)24-9-7-23(8-10-24)13-14-3-2-4-15(11-14)19(25)22-16-5-6-17(20)18(21)12-16/h2-6,11-12H,7-10,13H2,1H3,(H,22,25). The highest BCUT2D eigenvalue weighted by Gasteiger charge is 2.23. The van der Waals surface area contributed by atoms with Crippen LogP contribution in [0.15, 0.2) is 42.5 Å². The summed E-state index contributed by atoms with van der Waals surface area (Å²) in [7, 11) is -3.14. The van der Waals surface area contributed by atoms with E-state index in [2.05, 4.69) is 10.2 Å². The second-order valence-corrected chi connectivity index (χ2v) is 9.52. The van der Waals surface area contributed by atoms with E-state index in [1.165, 1.54) is 10.6 Å². The summed E-state index contributed by atoms with van der Waals surface area (Å²) in [5.41, 5.74) is 2.11. The molecule has 0 bridgehead atoms. The maximum atomic E-state index is 12.5. The van der Waals surface area contributed by atoms with Crippen LogP contribution >= 0.6 is 23.2 Å². The third kappa shape index (κ3) is 5.46. The number of hydrogen-bond acceptors (Lipinski definition) is 4. The molecule has 3 rings (SSSR count). The molecule has 1 N–H and O–H groups in total. The van der Waals surface area contributed by atoms with Crippen molar-refractivity contribution in [2.75, 3.05) is 37.8 Å². The van der Waals surface area contributed by atoms with Crippen LogP contribution < -0.4 is 5.32 Å². The van der Waals surface area contributed by atoms with Crippen LogP contribution in [0.1, 0.15) is 15.9 Å². The number of halogens is 2. The predicted octanol–water partition coefficient (Wildman–Crippen LogP) is 3.32. The van der Waals surface area contributed by atoms with Crippen LogP contribution in [-0.4, -0.2) is 56.0 Å². The lowest BCUT2D eigenvalue weighted by Crippen LogP contribution is -2.47. The zero-order chi connectivity index (χ0) is 20.3. The van der Waals surface area contributed by atoms with Crippen molar-refractivity contribution in [3.8, 4) is 0 Å². The fraction of sp³-hybridized carbons (Fsp3) is 0.316. The lowest BCUT2D eigenvalue weighted by molar-refractivity contribution is 0.102. The summed E-state index contributed by atoms with van der Waals surface area (Å²) < 4.78 is 24.7. The van der Waals surface area contributed by atoms with Crippen LogP contribution in [0.3, 0.4) is 0 Å².